The molecule has 1 aliphatic rings. The van der Waals surface area contributed by atoms with Crippen molar-refractivity contribution in [1.82, 2.24) is 20.2 Å². The van der Waals surface area contributed by atoms with Gasteiger partial charge in [-0.3, -0.25) is 9.69 Å². The van der Waals surface area contributed by atoms with Crippen LogP contribution in [0.25, 0.3) is 0 Å². The van der Waals surface area contributed by atoms with E-state index in [1.165, 1.54) is 0 Å². The molecule has 1 saturated heterocycles. The number of carbonyl (C=O) groups excluding carboxylic acids is 1. The Morgan fingerprint density at radius 1 is 1.44 bits per heavy atom. The molecule has 6 nitrogen and oxygen atoms in total. The molecule has 0 unspecified atom stereocenters. The minimum atomic E-state index is -0.0748. The third-order valence-electron chi connectivity index (χ3n) is 2.54. The summed E-state index contributed by atoms with van der Waals surface area (Å²) in [5.74, 6) is 0.368. The molecule has 8 heteroatoms. The van der Waals surface area contributed by atoms with Gasteiger partial charge in [0, 0.05) is 26.2 Å². The normalized spacial score (nSPS) is 16.6. The summed E-state index contributed by atoms with van der Waals surface area (Å²) in [6.45, 7) is 4.01. The smallest absolute Gasteiger partial charge is 0.239 e. The number of nitrogens with one attached hydrogen (secondary N) is 2. The second-order valence-corrected chi connectivity index (χ2v) is 5.47. The van der Waals surface area contributed by atoms with Gasteiger partial charge in [0.25, 0.3) is 0 Å². The molecule has 0 bridgehead atoms. The van der Waals surface area contributed by atoms with Gasteiger partial charge in [-0.25, -0.2) is 9.97 Å². The Labute approximate surface area is 122 Å². The molecule has 2 rings (SSSR count). The number of amides is 1. The number of nitrogens with zero attached hydrogens (tertiary/aromatic N) is 3. The van der Waals surface area contributed by atoms with E-state index in [4.69, 9.17) is 0 Å². The van der Waals surface area contributed by atoms with Crippen molar-refractivity contribution in [1.29, 1.82) is 0 Å². The maximum Gasteiger partial charge on any atom is 0.239 e. The van der Waals surface area contributed by atoms with E-state index in [1.54, 1.807) is 6.20 Å². The summed E-state index contributed by atoms with van der Waals surface area (Å²) < 4.78 is 1.14. The first-order valence-electron chi connectivity index (χ1n) is 5.56. The summed E-state index contributed by atoms with van der Waals surface area (Å²) in [6, 6.07) is 0. The van der Waals surface area contributed by atoms with E-state index in [-0.39, 0.29) is 5.91 Å². The zero-order valence-electron chi connectivity index (χ0n) is 9.62. The molecule has 1 aliphatic heterocycles. The van der Waals surface area contributed by atoms with E-state index in [0.29, 0.717) is 21.6 Å². The number of hydrogen-bond donors (Lipinski definition) is 2. The van der Waals surface area contributed by atoms with Crippen LogP contribution in [0.3, 0.4) is 0 Å². The lowest BCUT2D eigenvalue weighted by Crippen LogP contribution is -2.46. The average molecular weight is 379 g/mol. The Bertz CT molecular complexity index is 436. The highest BCUT2D eigenvalue weighted by Crippen LogP contribution is 2.19. The maximum absolute atomic E-state index is 11.8. The Kier molecular flexibility index (Phi) is 5.04. The number of rotatable bonds is 3. The van der Waals surface area contributed by atoms with E-state index < -0.39 is 0 Å². The monoisotopic (exact) mass is 377 g/mol. The number of hydrogen-bond acceptors (Lipinski definition) is 5. The Balaban J connectivity index is 1.90. The lowest BCUT2D eigenvalue weighted by Gasteiger charge is -2.26. The van der Waals surface area contributed by atoms with Gasteiger partial charge in [-0.1, -0.05) is 0 Å². The summed E-state index contributed by atoms with van der Waals surface area (Å²) in [7, 11) is 0. The number of anilines is 1. The van der Waals surface area contributed by atoms with E-state index >= 15 is 0 Å². The molecule has 0 atom stereocenters. The summed E-state index contributed by atoms with van der Waals surface area (Å²) in [4.78, 5) is 22.1. The lowest BCUT2D eigenvalue weighted by atomic mass is 10.3. The number of halogens is 2. The number of carbonyl (C=O) groups is 1. The van der Waals surface area contributed by atoms with Crippen LogP contribution in [-0.4, -0.2) is 53.5 Å². The fourth-order valence-corrected chi connectivity index (χ4v) is 2.58. The first-order valence-corrected chi connectivity index (χ1v) is 7.15. The number of piperazine rings is 1. The number of aromatic nitrogens is 2. The average Bonchev–Trinajstić information content (AvgIpc) is 2.34. The molecular formula is C10H13Br2N5O. The largest absolute Gasteiger partial charge is 0.314 e. The zero-order valence-corrected chi connectivity index (χ0v) is 12.8. The minimum Gasteiger partial charge on any atom is -0.314 e. The van der Waals surface area contributed by atoms with Crippen LogP contribution in [0.1, 0.15) is 0 Å². The predicted molar refractivity (Wildman–Crippen MR) is 75.4 cm³/mol. The van der Waals surface area contributed by atoms with Crippen molar-refractivity contribution in [2.75, 3.05) is 38.0 Å². The highest BCUT2D eigenvalue weighted by atomic mass is 79.9. The molecule has 1 aromatic heterocycles. The van der Waals surface area contributed by atoms with Crippen LogP contribution >= 0.6 is 31.9 Å². The van der Waals surface area contributed by atoms with Crippen LogP contribution in [-0.2, 0) is 4.79 Å². The van der Waals surface area contributed by atoms with Crippen molar-refractivity contribution < 1.29 is 4.79 Å². The molecule has 2 heterocycles. The molecule has 0 aliphatic carbocycles. The molecule has 18 heavy (non-hydrogen) atoms. The zero-order chi connectivity index (χ0) is 13.0. The Morgan fingerprint density at radius 2 is 2.17 bits per heavy atom. The van der Waals surface area contributed by atoms with Gasteiger partial charge in [0.15, 0.2) is 5.82 Å². The van der Waals surface area contributed by atoms with Crippen LogP contribution in [0.5, 0.6) is 0 Å². The van der Waals surface area contributed by atoms with Crippen molar-refractivity contribution in [2.45, 2.75) is 0 Å². The third-order valence-corrected chi connectivity index (χ3v) is 3.47. The van der Waals surface area contributed by atoms with E-state index in [0.717, 1.165) is 26.2 Å². The molecule has 1 amide bonds. The van der Waals surface area contributed by atoms with E-state index in [2.05, 4.69) is 57.4 Å². The first-order chi connectivity index (χ1) is 8.65. The van der Waals surface area contributed by atoms with Crippen LogP contribution < -0.4 is 10.6 Å². The van der Waals surface area contributed by atoms with Gasteiger partial charge < -0.3 is 10.6 Å². The standard InChI is InChI=1S/C10H13Br2N5O/c11-7-5-14-10(9(12)15-7)16-8(18)6-17-3-1-13-2-4-17/h5,13H,1-4,6H2,(H,14,16,18). The van der Waals surface area contributed by atoms with E-state index in [1.807, 2.05) is 0 Å². The van der Waals surface area contributed by atoms with Crippen LogP contribution in [0.2, 0.25) is 0 Å². The Hall–Kier alpha value is -0.570. The van der Waals surface area contributed by atoms with Gasteiger partial charge >= 0.3 is 0 Å². The van der Waals surface area contributed by atoms with Crippen molar-refractivity contribution >= 4 is 43.6 Å². The molecule has 0 saturated carbocycles. The molecule has 0 aromatic carbocycles. The molecule has 0 spiro atoms. The van der Waals surface area contributed by atoms with Gasteiger partial charge in [-0.15, -0.1) is 0 Å². The van der Waals surface area contributed by atoms with Gasteiger partial charge in [0.05, 0.1) is 12.7 Å². The maximum atomic E-state index is 11.8. The first kappa shape index (κ1) is 13.9. The van der Waals surface area contributed by atoms with Crippen LogP contribution in [0.4, 0.5) is 5.82 Å². The highest BCUT2D eigenvalue weighted by molar-refractivity contribution is 9.11. The van der Waals surface area contributed by atoms with Gasteiger partial charge in [-0.05, 0) is 31.9 Å². The lowest BCUT2D eigenvalue weighted by molar-refractivity contribution is -0.117. The second-order valence-electron chi connectivity index (χ2n) is 3.91. The van der Waals surface area contributed by atoms with Crippen molar-refractivity contribution in [3.63, 3.8) is 0 Å². The summed E-state index contributed by atoms with van der Waals surface area (Å²) in [5, 5.41) is 5.99. The van der Waals surface area contributed by atoms with Gasteiger partial charge in [0.2, 0.25) is 5.91 Å². The summed E-state index contributed by atoms with van der Waals surface area (Å²) in [5.41, 5.74) is 0. The van der Waals surface area contributed by atoms with Crippen molar-refractivity contribution in [2.24, 2.45) is 0 Å². The summed E-state index contributed by atoms with van der Waals surface area (Å²) >= 11 is 6.47. The third kappa shape index (κ3) is 3.98. The second kappa shape index (κ2) is 6.55. The van der Waals surface area contributed by atoms with Crippen molar-refractivity contribution in [3.05, 3.63) is 15.4 Å². The Morgan fingerprint density at radius 3 is 2.83 bits per heavy atom. The molecule has 0 radical (unpaired) electrons. The summed E-state index contributed by atoms with van der Waals surface area (Å²) in [6.07, 6.45) is 1.55. The van der Waals surface area contributed by atoms with E-state index in [9.17, 15) is 4.79 Å². The molecular weight excluding hydrogens is 366 g/mol. The molecule has 1 fully saturated rings. The van der Waals surface area contributed by atoms with Gasteiger partial charge in [-0.2, -0.15) is 0 Å². The van der Waals surface area contributed by atoms with Crippen LogP contribution in [0, 0.1) is 0 Å². The van der Waals surface area contributed by atoms with Gasteiger partial charge in [0.1, 0.15) is 9.21 Å². The predicted octanol–water partition coefficient (Wildman–Crippen LogP) is 0.845. The molecule has 1 aromatic rings. The SMILES string of the molecule is O=C(CN1CCNCC1)Nc1ncc(Br)nc1Br. The minimum absolute atomic E-state index is 0.0748. The quantitative estimate of drug-likeness (QED) is 0.815. The van der Waals surface area contributed by atoms with Crippen molar-refractivity contribution in [3.8, 4) is 0 Å². The fraction of sp³-hybridized carbons (Fsp3) is 0.500. The fourth-order valence-electron chi connectivity index (χ4n) is 1.67. The molecule has 98 valence electrons. The van der Waals surface area contributed by atoms with Crippen LogP contribution in [0.15, 0.2) is 15.4 Å². The molecule has 2 N–H and O–H groups in total. The highest BCUT2D eigenvalue weighted by Gasteiger charge is 2.15. The topological polar surface area (TPSA) is 70.2 Å².